The van der Waals surface area contributed by atoms with Gasteiger partial charge in [0.2, 0.25) is 0 Å². The van der Waals surface area contributed by atoms with Crippen molar-refractivity contribution >= 4 is 27.4 Å². The number of pyridine rings is 1. The second-order valence-electron chi connectivity index (χ2n) is 3.54. The van der Waals surface area contributed by atoms with Crippen molar-refractivity contribution in [3.63, 3.8) is 0 Å². The molecule has 0 aliphatic carbocycles. The number of rotatable bonds is 3. The quantitative estimate of drug-likeness (QED) is 0.907. The Morgan fingerprint density at radius 1 is 1.41 bits per heavy atom. The molecule has 2 rings (SSSR count). The second kappa shape index (κ2) is 5.09. The van der Waals surface area contributed by atoms with Crippen LogP contribution in [0.4, 0.5) is 11.5 Å². The molecule has 0 atom stereocenters. The number of aromatic nitrogens is 3. The lowest BCUT2D eigenvalue weighted by Gasteiger charge is -2.08. The zero-order valence-corrected chi connectivity index (χ0v) is 10.9. The van der Waals surface area contributed by atoms with Crippen LogP contribution in [0.1, 0.15) is 11.5 Å². The van der Waals surface area contributed by atoms with Gasteiger partial charge >= 0.3 is 0 Å². The third-order valence-electron chi connectivity index (χ3n) is 2.15. The van der Waals surface area contributed by atoms with E-state index < -0.39 is 0 Å². The second-order valence-corrected chi connectivity index (χ2v) is 4.46. The molecule has 0 fully saturated rings. The van der Waals surface area contributed by atoms with Crippen molar-refractivity contribution in [2.75, 3.05) is 11.1 Å². The van der Waals surface area contributed by atoms with Crippen LogP contribution >= 0.6 is 15.9 Å². The van der Waals surface area contributed by atoms with E-state index in [0.29, 0.717) is 18.1 Å². The molecule has 5 nitrogen and oxygen atoms in total. The Labute approximate surface area is 108 Å². The summed E-state index contributed by atoms with van der Waals surface area (Å²) in [4.78, 5) is 12.5. The molecule has 0 aliphatic rings. The zero-order valence-electron chi connectivity index (χ0n) is 9.31. The van der Waals surface area contributed by atoms with Crippen LogP contribution in [0, 0.1) is 6.92 Å². The van der Waals surface area contributed by atoms with Crippen LogP contribution in [0.2, 0.25) is 0 Å². The lowest BCUT2D eigenvalue weighted by Crippen LogP contribution is -2.06. The van der Waals surface area contributed by atoms with Crippen molar-refractivity contribution in [3.8, 4) is 0 Å². The number of nitrogens with zero attached hydrogens (tertiary/aromatic N) is 3. The molecule has 0 aromatic carbocycles. The fraction of sp³-hybridized carbons (Fsp3) is 0.182. The lowest BCUT2D eigenvalue weighted by atomic mass is 10.3. The number of nitrogen functional groups attached to an aromatic ring is 1. The van der Waals surface area contributed by atoms with Gasteiger partial charge in [0, 0.05) is 16.9 Å². The molecule has 6 heteroatoms. The molecule has 0 amide bonds. The molecule has 0 radical (unpaired) electrons. The molecule has 0 unspecified atom stereocenters. The van der Waals surface area contributed by atoms with Crippen molar-refractivity contribution in [1.29, 1.82) is 0 Å². The summed E-state index contributed by atoms with van der Waals surface area (Å²) < 4.78 is 0.860. The summed E-state index contributed by atoms with van der Waals surface area (Å²) in [6, 6.07) is 3.66. The number of hydrogen-bond donors (Lipinski definition) is 2. The van der Waals surface area contributed by atoms with E-state index >= 15 is 0 Å². The molecule has 0 spiro atoms. The molecule has 2 aromatic rings. The number of halogens is 1. The van der Waals surface area contributed by atoms with Gasteiger partial charge in [-0.1, -0.05) is 0 Å². The van der Waals surface area contributed by atoms with Crippen LogP contribution in [-0.2, 0) is 6.54 Å². The van der Waals surface area contributed by atoms with Gasteiger partial charge < -0.3 is 11.1 Å². The minimum Gasteiger partial charge on any atom is -0.396 e. The summed E-state index contributed by atoms with van der Waals surface area (Å²) in [6.45, 7) is 2.43. The highest BCUT2D eigenvalue weighted by Crippen LogP contribution is 2.20. The van der Waals surface area contributed by atoms with Crippen LogP contribution in [0.3, 0.4) is 0 Å². The fourth-order valence-electron chi connectivity index (χ4n) is 1.38. The first-order chi connectivity index (χ1) is 8.15. The monoisotopic (exact) mass is 293 g/mol. The Bertz CT molecular complexity index is 529. The average molecular weight is 294 g/mol. The Kier molecular flexibility index (Phi) is 3.53. The van der Waals surface area contributed by atoms with E-state index in [-0.39, 0.29) is 0 Å². The summed E-state index contributed by atoms with van der Waals surface area (Å²) in [6.07, 6.45) is 3.43. The maximum absolute atomic E-state index is 5.83. The molecule has 88 valence electrons. The summed E-state index contributed by atoms with van der Waals surface area (Å²) in [5, 5.41) is 3.14. The summed E-state index contributed by atoms with van der Waals surface area (Å²) in [5.41, 5.74) is 7.33. The van der Waals surface area contributed by atoms with Crippen LogP contribution < -0.4 is 11.1 Å². The molecule has 0 bridgehead atoms. The van der Waals surface area contributed by atoms with E-state index in [1.54, 1.807) is 18.5 Å². The van der Waals surface area contributed by atoms with Crippen molar-refractivity contribution in [1.82, 2.24) is 15.0 Å². The van der Waals surface area contributed by atoms with E-state index in [1.807, 2.05) is 13.0 Å². The highest BCUT2D eigenvalue weighted by atomic mass is 79.9. The minimum atomic E-state index is 0.572. The van der Waals surface area contributed by atoms with Gasteiger partial charge in [0.15, 0.2) is 0 Å². The van der Waals surface area contributed by atoms with E-state index in [0.717, 1.165) is 16.0 Å². The first-order valence-electron chi connectivity index (χ1n) is 5.08. The van der Waals surface area contributed by atoms with Gasteiger partial charge in [0.05, 0.1) is 17.9 Å². The minimum absolute atomic E-state index is 0.572. The number of anilines is 2. The molecule has 0 aliphatic heterocycles. The average Bonchev–Trinajstić information content (AvgIpc) is 2.28. The number of nitrogens with two attached hydrogens (primary N) is 1. The molecule has 0 saturated heterocycles. The third kappa shape index (κ3) is 3.13. The number of hydrogen-bond acceptors (Lipinski definition) is 5. The maximum atomic E-state index is 5.83. The van der Waals surface area contributed by atoms with E-state index in [1.165, 1.54) is 0 Å². The van der Waals surface area contributed by atoms with E-state index in [2.05, 4.69) is 36.2 Å². The van der Waals surface area contributed by atoms with Gasteiger partial charge in [-0.3, -0.25) is 0 Å². The van der Waals surface area contributed by atoms with Crippen LogP contribution in [0.25, 0.3) is 0 Å². The Morgan fingerprint density at radius 3 is 2.94 bits per heavy atom. The Balaban J connectivity index is 2.07. The van der Waals surface area contributed by atoms with Gasteiger partial charge in [0.25, 0.3) is 0 Å². The Morgan fingerprint density at radius 2 is 2.24 bits per heavy atom. The normalized spacial score (nSPS) is 10.2. The predicted octanol–water partition coefficient (Wildman–Crippen LogP) is 2.14. The maximum Gasteiger partial charge on any atom is 0.149 e. The molecular weight excluding hydrogens is 282 g/mol. The first-order valence-corrected chi connectivity index (χ1v) is 5.88. The highest BCUT2D eigenvalue weighted by Gasteiger charge is 2.02. The first kappa shape index (κ1) is 11.8. The fourth-order valence-corrected chi connectivity index (χ4v) is 1.73. The molecule has 3 N–H and O–H groups in total. The van der Waals surface area contributed by atoms with Crippen LogP contribution in [-0.4, -0.2) is 15.0 Å². The molecule has 2 aromatic heterocycles. The van der Waals surface area contributed by atoms with E-state index in [4.69, 9.17) is 5.73 Å². The highest BCUT2D eigenvalue weighted by molar-refractivity contribution is 9.10. The molecule has 2 heterocycles. The zero-order chi connectivity index (χ0) is 12.3. The van der Waals surface area contributed by atoms with Gasteiger partial charge in [-0.05, 0) is 35.0 Å². The third-order valence-corrected chi connectivity index (χ3v) is 2.59. The number of aryl methyl sites for hydroxylation is 1. The van der Waals surface area contributed by atoms with Crippen molar-refractivity contribution in [2.24, 2.45) is 0 Å². The molecule has 17 heavy (non-hydrogen) atoms. The molecule has 0 saturated carbocycles. The standard InChI is InChI=1S/C11H12BrN5/c1-7-14-3-2-9(17-7)6-16-11-10(13)4-8(12)5-15-11/h2-5H,6,13H2,1H3,(H,15,16). The lowest BCUT2D eigenvalue weighted by molar-refractivity contribution is 0.950. The van der Waals surface area contributed by atoms with Gasteiger partial charge in [-0.25, -0.2) is 15.0 Å². The Hall–Kier alpha value is -1.69. The predicted molar refractivity (Wildman–Crippen MR) is 70.4 cm³/mol. The summed E-state index contributed by atoms with van der Waals surface area (Å²) >= 11 is 3.31. The van der Waals surface area contributed by atoms with Gasteiger partial charge in [0.1, 0.15) is 11.6 Å². The van der Waals surface area contributed by atoms with Crippen molar-refractivity contribution in [2.45, 2.75) is 13.5 Å². The topological polar surface area (TPSA) is 76.7 Å². The molecular formula is C11H12BrN5. The van der Waals surface area contributed by atoms with E-state index in [9.17, 15) is 0 Å². The van der Waals surface area contributed by atoms with Crippen LogP contribution in [0.15, 0.2) is 29.0 Å². The smallest absolute Gasteiger partial charge is 0.149 e. The summed E-state index contributed by atoms with van der Waals surface area (Å²) in [5.74, 6) is 1.41. The van der Waals surface area contributed by atoms with Gasteiger partial charge in [-0.15, -0.1) is 0 Å². The van der Waals surface area contributed by atoms with Crippen molar-refractivity contribution < 1.29 is 0 Å². The number of nitrogens with one attached hydrogen (secondary N) is 1. The largest absolute Gasteiger partial charge is 0.396 e. The van der Waals surface area contributed by atoms with Gasteiger partial charge in [-0.2, -0.15) is 0 Å². The van der Waals surface area contributed by atoms with Crippen molar-refractivity contribution in [3.05, 3.63) is 40.5 Å². The summed E-state index contributed by atoms with van der Waals surface area (Å²) in [7, 11) is 0. The van der Waals surface area contributed by atoms with Crippen LogP contribution in [0.5, 0.6) is 0 Å². The SMILES string of the molecule is Cc1nccc(CNc2ncc(Br)cc2N)n1.